The Balaban J connectivity index is 2.86. The molecule has 0 saturated heterocycles. The molecule has 1 unspecified atom stereocenters. The second kappa shape index (κ2) is 8.85. The molecular weight excluding hydrogens is 250 g/mol. The van der Waals surface area contributed by atoms with Gasteiger partial charge in [-0.15, -0.1) is 0 Å². The number of hydrogen-bond acceptors (Lipinski definition) is 3. The fourth-order valence-corrected chi connectivity index (χ4v) is 2.12. The van der Waals surface area contributed by atoms with Gasteiger partial charge >= 0.3 is 0 Å². The summed E-state index contributed by atoms with van der Waals surface area (Å²) in [6.45, 7) is 10.5. The number of nitrogens with one attached hydrogen (secondary N) is 1. The second-order valence-electron chi connectivity index (χ2n) is 5.58. The Morgan fingerprint density at radius 2 is 1.85 bits per heavy atom. The van der Waals surface area contributed by atoms with Crippen molar-refractivity contribution in [2.75, 3.05) is 20.3 Å². The van der Waals surface area contributed by atoms with E-state index in [0.717, 1.165) is 43.1 Å². The third kappa shape index (κ3) is 5.04. The van der Waals surface area contributed by atoms with Crippen LogP contribution in [0.5, 0.6) is 11.5 Å². The molecule has 0 aliphatic heterocycles. The first-order valence-corrected chi connectivity index (χ1v) is 7.63. The molecule has 0 aliphatic rings. The van der Waals surface area contributed by atoms with Crippen molar-refractivity contribution in [3.8, 4) is 11.5 Å². The van der Waals surface area contributed by atoms with Gasteiger partial charge in [-0.2, -0.15) is 0 Å². The minimum absolute atomic E-state index is 0.222. The smallest absolute Gasteiger partial charge is 0.127 e. The Labute approximate surface area is 123 Å². The van der Waals surface area contributed by atoms with Gasteiger partial charge in [-0.1, -0.05) is 26.8 Å². The molecule has 0 aromatic heterocycles. The summed E-state index contributed by atoms with van der Waals surface area (Å²) in [4.78, 5) is 0. The van der Waals surface area contributed by atoms with Gasteiger partial charge < -0.3 is 14.8 Å². The first-order chi connectivity index (χ1) is 9.60. The zero-order chi connectivity index (χ0) is 15.0. The number of methoxy groups -OCH3 is 1. The molecule has 1 rings (SSSR count). The Morgan fingerprint density at radius 1 is 1.15 bits per heavy atom. The average molecular weight is 279 g/mol. The summed E-state index contributed by atoms with van der Waals surface area (Å²) in [5.41, 5.74) is 1.12. The van der Waals surface area contributed by atoms with E-state index >= 15 is 0 Å². The maximum atomic E-state index is 5.97. The second-order valence-corrected chi connectivity index (χ2v) is 5.58. The van der Waals surface area contributed by atoms with E-state index in [0.29, 0.717) is 5.92 Å². The van der Waals surface area contributed by atoms with Crippen molar-refractivity contribution in [3.63, 3.8) is 0 Å². The molecule has 20 heavy (non-hydrogen) atoms. The van der Waals surface area contributed by atoms with Crippen LogP contribution in [0.15, 0.2) is 18.2 Å². The van der Waals surface area contributed by atoms with E-state index in [4.69, 9.17) is 9.47 Å². The molecule has 0 fully saturated rings. The largest absolute Gasteiger partial charge is 0.496 e. The molecule has 1 atom stereocenters. The molecule has 1 aromatic carbocycles. The molecule has 0 spiro atoms. The topological polar surface area (TPSA) is 30.5 Å². The summed E-state index contributed by atoms with van der Waals surface area (Å²) in [7, 11) is 1.71. The molecule has 0 saturated carbocycles. The van der Waals surface area contributed by atoms with Crippen LogP contribution in [0.4, 0.5) is 0 Å². The Morgan fingerprint density at radius 3 is 2.45 bits per heavy atom. The zero-order valence-electron chi connectivity index (χ0n) is 13.5. The highest BCUT2D eigenvalue weighted by Crippen LogP contribution is 2.34. The van der Waals surface area contributed by atoms with Gasteiger partial charge in [0.15, 0.2) is 0 Å². The van der Waals surface area contributed by atoms with E-state index in [1.54, 1.807) is 7.11 Å². The maximum Gasteiger partial charge on any atom is 0.127 e. The first kappa shape index (κ1) is 16.8. The number of ether oxygens (including phenoxy) is 2. The van der Waals surface area contributed by atoms with Crippen molar-refractivity contribution in [2.24, 2.45) is 5.92 Å². The summed E-state index contributed by atoms with van der Waals surface area (Å²) in [6.07, 6.45) is 2.18. The van der Waals surface area contributed by atoms with Crippen molar-refractivity contribution < 1.29 is 9.47 Å². The zero-order valence-corrected chi connectivity index (χ0v) is 13.5. The lowest BCUT2D eigenvalue weighted by Crippen LogP contribution is -2.20. The Hall–Kier alpha value is -1.22. The van der Waals surface area contributed by atoms with Crippen LogP contribution >= 0.6 is 0 Å². The molecule has 0 aliphatic carbocycles. The Kier molecular flexibility index (Phi) is 7.45. The average Bonchev–Trinajstić information content (AvgIpc) is 2.44. The van der Waals surface area contributed by atoms with Gasteiger partial charge in [0, 0.05) is 6.04 Å². The fraction of sp³-hybridized carbons (Fsp3) is 0.647. The van der Waals surface area contributed by atoms with Gasteiger partial charge in [-0.05, 0) is 44.4 Å². The van der Waals surface area contributed by atoms with Crippen LogP contribution in [0.1, 0.15) is 52.1 Å². The summed E-state index contributed by atoms with van der Waals surface area (Å²) in [5.74, 6) is 2.48. The fourth-order valence-electron chi connectivity index (χ4n) is 2.12. The van der Waals surface area contributed by atoms with Gasteiger partial charge in [-0.3, -0.25) is 0 Å². The van der Waals surface area contributed by atoms with Crippen LogP contribution < -0.4 is 14.8 Å². The summed E-state index contributed by atoms with van der Waals surface area (Å²) >= 11 is 0. The normalized spacial score (nSPS) is 12.5. The van der Waals surface area contributed by atoms with E-state index in [9.17, 15) is 0 Å². The van der Waals surface area contributed by atoms with E-state index in [1.807, 2.05) is 18.2 Å². The van der Waals surface area contributed by atoms with Crippen LogP contribution in [0.25, 0.3) is 0 Å². The highest BCUT2D eigenvalue weighted by Gasteiger charge is 2.16. The molecular formula is C17H29NO2. The molecule has 1 N–H and O–H groups in total. The third-order valence-corrected chi connectivity index (χ3v) is 3.33. The quantitative estimate of drug-likeness (QED) is 0.735. The van der Waals surface area contributed by atoms with Crippen LogP contribution in [0.3, 0.4) is 0 Å². The summed E-state index contributed by atoms with van der Waals surface area (Å²) in [6, 6.07) is 6.23. The van der Waals surface area contributed by atoms with Crippen molar-refractivity contribution in [1.82, 2.24) is 5.32 Å². The van der Waals surface area contributed by atoms with E-state index < -0.39 is 0 Å². The third-order valence-electron chi connectivity index (χ3n) is 3.33. The standard InChI is InChI=1S/C17H29NO2/c1-6-11-18-14(4)17-15(19-5)8-7-9-16(17)20-12-10-13(2)3/h7-9,13-14,18H,6,10-12H2,1-5H3. The van der Waals surface area contributed by atoms with Gasteiger partial charge in [0.25, 0.3) is 0 Å². The van der Waals surface area contributed by atoms with E-state index in [2.05, 4.69) is 33.0 Å². The van der Waals surface area contributed by atoms with Crippen LogP contribution in [-0.2, 0) is 0 Å². The van der Waals surface area contributed by atoms with Crippen LogP contribution in [0.2, 0.25) is 0 Å². The minimum Gasteiger partial charge on any atom is -0.496 e. The summed E-state index contributed by atoms with van der Waals surface area (Å²) < 4.78 is 11.5. The van der Waals surface area contributed by atoms with Crippen molar-refractivity contribution in [2.45, 2.75) is 46.6 Å². The summed E-state index contributed by atoms with van der Waals surface area (Å²) in [5, 5.41) is 3.50. The van der Waals surface area contributed by atoms with Gasteiger partial charge in [0.2, 0.25) is 0 Å². The lowest BCUT2D eigenvalue weighted by molar-refractivity contribution is 0.281. The maximum absolute atomic E-state index is 5.97. The van der Waals surface area contributed by atoms with Gasteiger partial charge in [-0.25, -0.2) is 0 Å². The predicted octanol–water partition coefficient (Wildman–Crippen LogP) is 4.18. The van der Waals surface area contributed by atoms with E-state index in [-0.39, 0.29) is 6.04 Å². The molecule has 0 amide bonds. The predicted molar refractivity (Wildman–Crippen MR) is 84.7 cm³/mol. The molecule has 114 valence electrons. The van der Waals surface area contributed by atoms with Gasteiger partial charge in [0.05, 0.1) is 19.3 Å². The number of rotatable bonds is 9. The molecule has 3 nitrogen and oxygen atoms in total. The lowest BCUT2D eigenvalue weighted by atomic mass is 10.1. The van der Waals surface area contributed by atoms with Crippen molar-refractivity contribution >= 4 is 0 Å². The number of benzene rings is 1. The molecule has 1 aromatic rings. The number of hydrogen-bond donors (Lipinski definition) is 1. The van der Waals surface area contributed by atoms with Crippen molar-refractivity contribution in [3.05, 3.63) is 23.8 Å². The highest BCUT2D eigenvalue weighted by molar-refractivity contribution is 5.46. The van der Waals surface area contributed by atoms with Crippen molar-refractivity contribution in [1.29, 1.82) is 0 Å². The Bertz CT molecular complexity index is 391. The monoisotopic (exact) mass is 279 g/mol. The van der Waals surface area contributed by atoms with E-state index in [1.165, 1.54) is 0 Å². The molecule has 0 bridgehead atoms. The first-order valence-electron chi connectivity index (χ1n) is 7.63. The SMILES string of the molecule is CCCNC(C)c1c(OC)cccc1OCCC(C)C. The van der Waals surface area contributed by atoms with Crippen LogP contribution in [0, 0.1) is 5.92 Å². The molecule has 3 heteroatoms. The van der Waals surface area contributed by atoms with Crippen LogP contribution in [-0.4, -0.2) is 20.3 Å². The van der Waals surface area contributed by atoms with Gasteiger partial charge in [0.1, 0.15) is 11.5 Å². The molecule has 0 radical (unpaired) electrons. The molecule has 0 heterocycles. The lowest BCUT2D eigenvalue weighted by Gasteiger charge is -2.21. The highest BCUT2D eigenvalue weighted by atomic mass is 16.5. The minimum atomic E-state index is 0.222.